The lowest BCUT2D eigenvalue weighted by Gasteiger charge is -2.32. The molecule has 0 aliphatic carbocycles. The van der Waals surface area contributed by atoms with Gasteiger partial charge in [0.2, 0.25) is 0 Å². The first-order valence-corrected chi connectivity index (χ1v) is 10.3. The van der Waals surface area contributed by atoms with Gasteiger partial charge in [0.15, 0.2) is 0 Å². The molecule has 1 fully saturated rings. The molecule has 2 aliphatic heterocycles. The molecule has 1 aromatic carbocycles. The number of aliphatic hydroxyl groups is 1. The lowest BCUT2D eigenvalue weighted by Crippen LogP contribution is -2.40. The number of likely N-dealkylation sites (tertiary alicyclic amines) is 1. The van der Waals surface area contributed by atoms with E-state index in [0.29, 0.717) is 23.8 Å². The first-order valence-electron chi connectivity index (χ1n) is 10.3. The Morgan fingerprint density at radius 2 is 2.07 bits per heavy atom. The summed E-state index contributed by atoms with van der Waals surface area (Å²) in [6, 6.07) is 7.66. The van der Waals surface area contributed by atoms with E-state index in [2.05, 4.69) is 10.1 Å². The van der Waals surface area contributed by atoms with Crippen LogP contribution in [0.25, 0.3) is 0 Å². The van der Waals surface area contributed by atoms with Gasteiger partial charge in [-0.2, -0.15) is 0 Å². The molecule has 7 nitrogen and oxygen atoms in total. The van der Waals surface area contributed by atoms with E-state index >= 15 is 0 Å². The molecule has 0 bridgehead atoms. The minimum Gasteiger partial charge on any atom is -0.491 e. The number of carbonyl (C=O) groups is 1. The maximum absolute atomic E-state index is 12.3. The van der Waals surface area contributed by atoms with Gasteiger partial charge in [-0.25, -0.2) is 0 Å². The third kappa shape index (κ3) is 4.62. The van der Waals surface area contributed by atoms with E-state index < -0.39 is 6.10 Å². The lowest BCUT2D eigenvalue weighted by atomic mass is 9.93. The molecule has 1 amide bonds. The average molecular weight is 399 g/mol. The van der Waals surface area contributed by atoms with Crippen molar-refractivity contribution in [2.75, 3.05) is 39.8 Å². The van der Waals surface area contributed by atoms with Crippen LogP contribution in [0.4, 0.5) is 0 Å². The molecule has 2 aromatic rings. The first kappa shape index (κ1) is 19.9. The normalized spacial score (nSPS) is 19.3. The summed E-state index contributed by atoms with van der Waals surface area (Å²) in [5.74, 6) is 1.95. The molecule has 1 unspecified atom stereocenters. The van der Waals surface area contributed by atoms with Crippen LogP contribution in [0.15, 0.2) is 28.8 Å². The van der Waals surface area contributed by atoms with Crippen molar-refractivity contribution in [3.05, 3.63) is 46.8 Å². The maximum atomic E-state index is 12.3. The van der Waals surface area contributed by atoms with Gasteiger partial charge in [-0.05, 0) is 57.0 Å². The Bertz CT molecular complexity index is 857. The Balaban J connectivity index is 1.25. The maximum Gasteiger partial charge on any atom is 0.254 e. The average Bonchev–Trinajstić information content (AvgIpc) is 3.16. The highest BCUT2D eigenvalue weighted by molar-refractivity contribution is 5.97. The van der Waals surface area contributed by atoms with Crippen LogP contribution < -0.4 is 4.74 Å². The van der Waals surface area contributed by atoms with Crippen LogP contribution in [0.5, 0.6) is 5.75 Å². The van der Waals surface area contributed by atoms with Crippen LogP contribution >= 0.6 is 0 Å². The second-order valence-corrected chi connectivity index (χ2v) is 8.20. The van der Waals surface area contributed by atoms with E-state index in [1.807, 2.05) is 32.2 Å². The van der Waals surface area contributed by atoms with Crippen molar-refractivity contribution < 1.29 is 19.2 Å². The first-order chi connectivity index (χ1) is 14.0. The number of fused-ring (bicyclic) bond motifs is 1. The number of aliphatic hydroxyl groups excluding tert-OH is 1. The zero-order valence-corrected chi connectivity index (χ0v) is 17.1. The van der Waals surface area contributed by atoms with E-state index in [4.69, 9.17) is 9.26 Å². The van der Waals surface area contributed by atoms with Crippen LogP contribution in [0.2, 0.25) is 0 Å². The summed E-state index contributed by atoms with van der Waals surface area (Å²) < 4.78 is 11.0. The fraction of sp³-hybridized carbons (Fsp3) is 0.545. The van der Waals surface area contributed by atoms with E-state index in [9.17, 15) is 9.90 Å². The summed E-state index contributed by atoms with van der Waals surface area (Å²) in [6.07, 6.45) is 2.32. The number of benzene rings is 1. The van der Waals surface area contributed by atoms with Crippen molar-refractivity contribution in [2.45, 2.75) is 38.2 Å². The van der Waals surface area contributed by atoms with Crippen LogP contribution in [-0.2, 0) is 6.42 Å². The summed E-state index contributed by atoms with van der Waals surface area (Å²) >= 11 is 0. The number of ether oxygens (including phenoxy) is 1. The Morgan fingerprint density at radius 1 is 1.28 bits per heavy atom. The molecule has 1 aromatic heterocycles. The fourth-order valence-corrected chi connectivity index (χ4v) is 4.19. The number of hydrogen-bond donors (Lipinski definition) is 1. The number of aryl methyl sites for hydroxylation is 1. The van der Waals surface area contributed by atoms with Crippen molar-refractivity contribution in [1.82, 2.24) is 15.0 Å². The molecule has 3 heterocycles. The van der Waals surface area contributed by atoms with Gasteiger partial charge in [-0.15, -0.1) is 0 Å². The molecule has 7 heteroatoms. The second-order valence-electron chi connectivity index (χ2n) is 8.20. The number of aromatic nitrogens is 1. The highest BCUT2D eigenvalue weighted by Gasteiger charge is 2.25. The van der Waals surface area contributed by atoms with Gasteiger partial charge in [0.1, 0.15) is 24.2 Å². The van der Waals surface area contributed by atoms with Crippen LogP contribution in [0, 0.1) is 6.92 Å². The third-order valence-electron chi connectivity index (χ3n) is 5.94. The third-order valence-corrected chi connectivity index (χ3v) is 5.94. The predicted octanol–water partition coefficient (Wildman–Crippen LogP) is 2.23. The van der Waals surface area contributed by atoms with Gasteiger partial charge < -0.3 is 24.2 Å². The number of likely N-dealkylation sites (N-methyl/N-ethyl adjacent to an activating group) is 1. The Kier molecular flexibility index (Phi) is 5.87. The number of carbonyl (C=O) groups excluding carboxylic acids is 1. The zero-order chi connectivity index (χ0) is 20.4. The quantitative estimate of drug-likeness (QED) is 0.803. The standard InChI is InChI=1S/C22H29N3O4/c1-15-11-21(23-29-15)17-6-9-25(10-7-17)13-18(26)14-28-19-4-3-16-5-8-24(2)22(27)20(16)12-19/h3-4,11-12,17-18,26H,5-10,13-14H2,1-2H3. The Labute approximate surface area is 171 Å². The SMILES string of the molecule is Cc1cc(C2CCN(CC(O)COc3ccc4c(c3)C(=O)N(C)CC4)CC2)no1. The molecule has 1 atom stereocenters. The number of β-amino-alcohol motifs (C(OH)–C–C–N with tert-alkyl or cyclic N) is 1. The van der Waals surface area contributed by atoms with Gasteiger partial charge >= 0.3 is 0 Å². The van der Waals surface area contributed by atoms with E-state index in [0.717, 1.165) is 55.9 Å². The monoisotopic (exact) mass is 399 g/mol. The summed E-state index contributed by atoms with van der Waals surface area (Å²) in [4.78, 5) is 16.3. The van der Waals surface area contributed by atoms with Crippen molar-refractivity contribution in [1.29, 1.82) is 0 Å². The molecule has 1 N–H and O–H groups in total. The van der Waals surface area contributed by atoms with Gasteiger partial charge in [0, 0.05) is 37.7 Å². The number of piperidine rings is 1. The largest absolute Gasteiger partial charge is 0.491 e. The predicted molar refractivity (Wildman–Crippen MR) is 108 cm³/mol. The van der Waals surface area contributed by atoms with Gasteiger partial charge in [0.05, 0.1) is 5.69 Å². The molecule has 1 saturated heterocycles. The molecule has 0 spiro atoms. The summed E-state index contributed by atoms with van der Waals surface area (Å²) in [6.45, 7) is 5.31. The molecule has 29 heavy (non-hydrogen) atoms. The van der Waals surface area contributed by atoms with E-state index in [1.165, 1.54) is 0 Å². The van der Waals surface area contributed by atoms with E-state index in [-0.39, 0.29) is 12.5 Å². The second kappa shape index (κ2) is 8.55. The van der Waals surface area contributed by atoms with Crippen LogP contribution in [-0.4, -0.2) is 71.9 Å². The summed E-state index contributed by atoms with van der Waals surface area (Å²) in [7, 11) is 1.82. The highest BCUT2D eigenvalue weighted by atomic mass is 16.5. The van der Waals surface area contributed by atoms with Crippen molar-refractivity contribution in [3.8, 4) is 5.75 Å². The van der Waals surface area contributed by atoms with E-state index in [1.54, 1.807) is 11.0 Å². The van der Waals surface area contributed by atoms with Crippen LogP contribution in [0.1, 0.15) is 46.1 Å². The van der Waals surface area contributed by atoms with Gasteiger partial charge in [0.25, 0.3) is 5.91 Å². The fourth-order valence-electron chi connectivity index (χ4n) is 4.19. The molecule has 4 rings (SSSR count). The minimum atomic E-state index is -0.574. The molecular weight excluding hydrogens is 370 g/mol. The smallest absolute Gasteiger partial charge is 0.254 e. The molecule has 0 saturated carbocycles. The highest BCUT2D eigenvalue weighted by Crippen LogP contribution is 2.28. The zero-order valence-electron chi connectivity index (χ0n) is 17.1. The number of amides is 1. The molecule has 2 aliphatic rings. The minimum absolute atomic E-state index is 0.0300. The molecule has 0 radical (unpaired) electrons. The Hall–Kier alpha value is -2.38. The van der Waals surface area contributed by atoms with Crippen LogP contribution in [0.3, 0.4) is 0 Å². The molecule has 156 valence electrons. The number of hydrogen-bond acceptors (Lipinski definition) is 6. The lowest BCUT2D eigenvalue weighted by molar-refractivity contribution is 0.0590. The van der Waals surface area contributed by atoms with Crippen molar-refractivity contribution in [2.24, 2.45) is 0 Å². The number of rotatable bonds is 6. The van der Waals surface area contributed by atoms with Crippen molar-refractivity contribution in [3.63, 3.8) is 0 Å². The Morgan fingerprint density at radius 3 is 2.79 bits per heavy atom. The molecular formula is C22H29N3O4. The summed E-state index contributed by atoms with van der Waals surface area (Å²) in [5, 5.41) is 14.6. The topological polar surface area (TPSA) is 79.0 Å². The van der Waals surface area contributed by atoms with Gasteiger partial charge in [-0.3, -0.25) is 4.79 Å². The van der Waals surface area contributed by atoms with Gasteiger partial charge in [-0.1, -0.05) is 11.2 Å². The number of nitrogens with zero attached hydrogens (tertiary/aromatic N) is 3. The van der Waals surface area contributed by atoms with Crippen molar-refractivity contribution >= 4 is 5.91 Å². The summed E-state index contributed by atoms with van der Waals surface area (Å²) in [5.41, 5.74) is 2.81.